The molecule has 0 amide bonds. The molecule has 1 N–H and O–H groups in total. The number of rotatable bonds is 8. The third-order valence-corrected chi connectivity index (χ3v) is 6.17. The lowest BCUT2D eigenvalue weighted by Gasteiger charge is -2.06. The van der Waals surface area contributed by atoms with Gasteiger partial charge in [-0.2, -0.15) is 15.0 Å². The van der Waals surface area contributed by atoms with Crippen molar-refractivity contribution in [1.82, 2.24) is 29.3 Å². The van der Waals surface area contributed by atoms with Gasteiger partial charge in [-0.05, 0) is 46.1 Å². The van der Waals surface area contributed by atoms with E-state index in [4.69, 9.17) is 0 Å². The van der Waals surface area contributed by atoms with E-state index in [1.807, 2.05) is 4.80 Å². The van der Waals surface area contributed by atoms with Gasteiger partial charge in [0, 0.05) is 24.8 Å². The van der Waals surface area contributed by atoms with Gasteiger partial charge < -0.3 is 4.57 Å². The first kappa shape index (κ1) is 36.9. The molecule has 0 bridgehead atoms. The molecule has 0 saturated carbocycles. The molecule has 38 heavy (non-hydrogen) atoms. The molecule has 2 aromatic heterocycles. The molecule has 0 aliphatic heterocycles. The predicted molar refractivity (Wildman–Crippen MR) is 162 cm³/mol. The quantitative estimate of drug-likeness (QED) is 0.324. The van der Waals surface area contributed by atoms with Crippen LogP contribution in [-0.2, 0) is 29.9 Å². The average Bonchev–Trinajstić information content (AvgIpc) is 3.55. The summed E-state index contributed by atoms with van der Waals surface area (Å²) in [7, 11) is -1.70. The molecule has 3 aromatic rings. The van der Waals surface area contributed by atoms with E-state index in [9.17, 15) is 8.42 Å². The van der Waals surface area contributed by atoms with Crippen molar-refractivity contribution in [2.75, 3.05) is 0 Å². The van der Waals surface area contributed by atoms with Crippen LogP contribution < -0.4 is 4.72 Å². The highest BCUT2D eigenvalue weighted by Crippen LogP contribution is 2.23. The molecule has 1 aromatic carbocycles. The molecule has 9 heteroatoms. The summed E-state index contributed by atoms with van der Waals surface area (Å²) in [6, 6.07) is 8.87. The van der Waals surface area contributed by atoms with Crippen molar-refractivity contribution in [2.45, 2.75) is 77.9 Å². The van der Waals surface area contributed by atoms with Crippen LogP contribution in [-0.4, -0.2) is 39.0 Å². The van der Waals surface area contributed by atoms with Crippen LogP contribution in [0.3, 0.4) is 0 Å². The lowest BCUT2D eigenvalue weighted by molar-refractivity contribution is 0.463. The summed E-state index contributed by atoms with van der Waals surface area (Å²) in [5, 5.41) is 9.34. The van der Waals surface area contributed by atoms with Crippen LogP contribution in [0.4, 0.5) is 0 Å². The van der Waals surface area contributed by atoms with Crippen LogP contribution in [0.25, 0.3) is 11.3 Å². The summed E-state index contributed by atoms with van der Waals surface area (Å²) in [6.45, 7) is 30.1. The third kappa shape index (κ3) is 12.3. The summed E-state index contributed by atoms with van der Waals surface area (Å²) in [4.78, 5) is 5.58. The van der Waals surface area contributed by atoms with Gasteiger partial charge in [0.05, 0.1) is 18.1 Å². The first-order valence-electron chi connectivity index (χ1n) is 12.6. The number of hydrogen-bond donors (Lipinski definition) is 1. The van der Waals surface area contributed by atoms with Gasteiger partial charge in [0.25, 0.3) is 10.0 Å². The van der Waals surface area contributed by atoms with Gasteiger partial charge in [-0.25, -0.2) is 18.1 Å². The van der Waals surface area contributed by atoms with Crippen molar-refractivity contribution in [1.29, 1.82) is 0 Å². The second-order valence-corrected chi connectivity index (χ2v) is 10.0. The van der Waals surface area contributed by atoms with Crippen molar-refractivity contribution in [3.05, 3.63) is 87.5 Å². The normalized spacial score (nSPS) is 10.1. The van der Waals surface area contributed by atoms with E-state index >= 15 is 0 Å². The van der Waals surface area contributed by atoms with Crippen molar-refractivity contribution in [3.63, 3.8) is 0 Å². The molecule has 2 heterocycles. The van der Waals surface area contributed by atoms with E-state index in [0.29, 0.717) is 6.04 Å². The summed E-state index contributed by atoms with van der Waals surface area (Å²) in [6.07, 6.45) is 6.06. The molecule has 8 nitrogen and oxygen atoms in total. The molecule has 0 aliphatic rings. The van der Waals surface area contributed by atoms with E-state index in [1.54, 1.807) is 25.5 Å². The molecule has 0 aliphatic carbocycles. The fourth-order valence-electron chi connectivity index (χ4n) is 3.01. The Labute approximate surface area is 231 Å². The minimum absolute atomic E-state index is 0.0590. The van der Waals surface area contributed by atoms with Crippen LogP contribution in [0.2, 0.25) is 0 Å². The maximum Gasteiger partial charge on any atom is 0.259 e. The monoisotopic (exact) mass is 544 g/mol. The van der Waals surface area contributed by atoms with Crippen molar-refractivity contribution < 1.29 is 8.42 Å². The Morgan fingerprint density at radius 1 is 0.921 bits per heavy atom. The lowest BCUT2D eigenvalue weighted by atomic mass is 10.0. The standard InChI is InChI=1S/C16H23N3.C7H13N3O2S.3C2H4/c1-5-7-15-16(18-19(17-15)12(3)4)14-10-8-13(6-2)9-11-14;1-6(2)9-13(11,12)7-4-10(3)5-8-7;3*1-2/h8-12H,5-7H2,1-4H3;4-6,9H,1-3H3;3*1-2H2. The summed E-state index contributed by atoms with van der Waals surface area (Å²) in [5.74, 6) is 0. The molecule has 0 atom stereocenters. The van der Waals surface area contributed by atoms with Gasteiger partial charge in [-0.3, -0.25) is 0 Å². The second-order valence-electron chi connectivity index (χ2n) is 8.36. The molecule has 212 valence electrons. The first-order chi connectivity index (χ1) is 18.1. The van der Waals surface area contributed by atoms with E-state index in [1.165, 1.54) is 23.7 Å². The SMILES string of the molecule is C=C.C=C.C=C.CC(C)NS(=O)(=O)c1cn(C)cn1.CCCc1nn(C(C)C)nc1-c1ccc(CC)cc1. The Morgan fingerprint density at radius 3 is 1.87 bits per heavy atom. The zero-order valence-corrected chi connectivity index (χ0v) is 25.3. The number of sulfonamides is 1. The second kappa shape index (κ2) is 19.8. The number of benzene rings is 1. The molecule has 0 radical (unpaired) electrons. The minimum Gasteiger partial charge on any atom is -0.339 e. The first-order valence-corrected chi connectivity index (χ1v) is 14.1. The van der Waals surface area contributed by atoms with Gasteiger partial charge in [-0.1, -0.05) is 44.5 Å². The highest BCUT2D eigenvalue weighted by Gasteiger charge is 2.17. The summed E-state index contributed by atoms with van der Waals surface area (Å²) in [5.41, 5.74) is 4.68. The van der Waals surface area contributed by atoms with Gasteiger partial charge >= 0.3 is 0 Å². The molecular formula is C29H48N6O2S. The van der Waals surface area contributed by atoms with Crippen molar-refractivity contribution in [2.24, 2.45) is 7.05 Å². The van der Waals surface area contributed by atoms with Crippen molar-refractivity contribution in [3.8, 4) is 11.3 Å². The van der Waals surface area contributed by atoms with E-state index in [0.717, 1.165) is 30.7 Å². The van der Waals surface area contributed by atoms with Crippen LogP contribution in [0.1, 0.15) is 65.3 Å². The Hall–Kier alpha value is -3.30. The maximum atomic E-state index is 11.5. The Bertz CT molecular complexity index is 1130. The number of hydrogen-bond acceptors (Lipinski definition) is 5. The maximum absolute atomic E-state index is 11.5. The Kier molecular flexibility index (Phi) is 19.2. The van der Waals surface area contributed by atoms with Crippen LogP contribution in [0, 0.1) is 0 Å². The summed E-state index contributed by atoms with van der Waals surface area (Å²) >= 11 is 0. The fourth-order valence-corrected chi connectivity index (χ4v) is 4.24. The largest absolute Gasteiger partial charge is 0.339 e. The number of aryl methyl sites for hydroxylation is 3. The highest BCUT2D eigenvalue weighted by molar-refractivity contribution is 7.89. The zero-order valence-electron chi connectivity index (χ0n) is 24.4. The highest BCUT2D eigenvalue weighted by atomic mass is 32.2. The molecule has 0 spiro atoms. The van der Waals surface area contributed by atoms with Gasteiger partial charge in [0.2, 0.25) is 0 Å². The number of nitrogens with zero attached hydrogens (tertiary/aromatic N) is 5. The van der Waals surface area contributed by atoms with Crippen LogP contribution >= 0.6 is 0 Å². The lowest BCUT2D eigenvalue weighted by Crippen LogP contribution is -2.30. The van der Waals surface area contributed by atoms with E-state index in [2.05, 4.69) is 111 Å². The number of aromatic nitrogens is 5. The third-order valence-electron chi connectivity index (χ3n) is 4.63. The number of imidazole rings is 1. The molecule has 0 fully saturated rings. The smallest absolute Gasteiger partial charge is 0.259 e. The zero-order chi connectivity index (χ0) is 29.9. The summed E-state index contributed by atoms with van der Waals surface area (Å²) < 4.78 is 27.0. The Balaban J connectivity index is 0. The van der Waals surface area contributed by atoms with Crippen LogP contribution in [0.15, 0.2) is 81.3 Å². The topological polar surface area (TPSA) is 94.7 Å². The van der Waals surface area contributed by atoms with Gasteiger partial charge in [0.15, 0.2) is 5.03 Å². The molecule has 0 unspecified atom stereocenters. The molecular weight excluding hydrogens is 496 g/mol. The molecule has 3 rings (SSSR count). The van der Waals surface area contributed by atoms with Crippen LogP contribution in [0.5, 0.6) is 0 Å². The predicted octanol–water partition coefficient (Wildman–Crippen LogP) is 6.55. The minimum atomic E-state index is -3.42. The van der Waals surface area contributed by atoms with E-state index in [-0.39, 0.29) is 11.1 Å². The average molecular weight is 545 g/mol. The van der Waals surface area contributed by atoms with Gasteiger partial charge in [-0.15, -0.1) is 39.5 Å². The fraction of sp³-hybridized carbons (Fsp3) is 0.414. The van der Waals surface area contributed by atoms with Gasteiger partial charge in [0.1, 0.15) is 5.69 Å². The Morgan fingerprint density at radius 2 is 1.47 bits per heavy atom. The number of nitrogens with one attached hydrogen (secondary N) is 1. The van der Waals surface area contributed by atoms with Crippen molar-refractivity contribution >= 4 is 10.0 Å². The molecule has 0 saturated heterocycles. The van der Waals surface area contributed by atoms with E-state index < -0.39 is 10.0 Å².